The third kappa shape index (κ3) is 5410. The van der Waals surface area contributed by atoms with Crippen molar-refractivity contribution in [3.05, 3.63) is 0 Å². The molecule has 0 aliphatic rings. The van der Waals surface area contributed by atoms with Gasteiger partial charge in [-0.25, -0.2) is 0 Å². The van der Waals surface area contributed by atoms with Gasteiger partial charge in [-0.15, -0.1) is 0 Å². The first-order valence-electron chi connectivity index (χ1n) is 0. The van der Waals surface area contributed by atoms with Crippen LogP contribution in [0.15, 0.2) is 0 Å². The van der Waals surface area contributed by atoms with E-state index in [-0.39, 0.29) is 77.8 Å². The van der Waals surface area contributed by atoms with Gasteiger partial charge in [0.1, 0.15) is 0 Å². The van der Waals surface area contributed by atoms with Crippen LogP contribution in [-0.2, 0) is 0 Å². The molecule has 82 valence electrons. The SMILES string of the molecule is O.O.O.O.O.O.O.O.O.O.[Mg]. The standard InChI is InChI=1S/Mg.10H2O/h;10*1H2. The van der Waals surface area contributed by atoms with Gasteiger partial charge >= 0.3 is 0 Å². The van der Waals surface area contributed by atoms with Gasteiger partial charge in [0.25, 0.3) is 0 Å². The summed E-state index contributed by atoms with van der Waals surface area (Å²) < 4.78 is 0. The summed E-state index contributed by atoms with van der Waals surface area (Å²) in [6.07, 6.45) is 0. The maximum atomic E-state index is 0. The van der Waals surface area contributed by atoms with E-state index in [1.54, 1.807) is 0 Å². The van der Waals surface area contributed by atoms with E-state index < -0.39 is 0 Å². The third-order valence-electron chi connectivity index (χ3n) is 0. The summed E-state index contributed by atoms with van der Waals surface area (Å²) in [6, 6.07) is 0. The molecule has 0 aromatic carbocycles. The Morgan fingerprint density at radius 1 is 0.182 bits per heavy atom. The predicted molar refractivity (Wildman–Crippen MR) is 41.9 cm³/mol. The average Bonchev–Trinajstić information content (AvgIpc) is 0. The first kappa shape index (κ1) is 9110. The van der Waals surface area contributed by atoms with Gasteiger partial charge in [-0.3, -0.25) is 0 Å². The van der Waals surface area contributed by atoms with Crippen molar-refractivity contribution < 1.29 is 54.8 Å². The molecule has 20 N–H and O–H groups in total. The average molecular weight is 204 g/mol. The van der Waals surface area contributed by atoms with Gasteiger partial charge in [-0.05, 0) is 0 Å². The molecular weight excluding hydrogens is 184 g/mol. The molecule has 0 bridgehead atoms. The van der Waals surface area contributed by atoms with E-state index in [4.69, 9.17) is 0 Å². The van der Waals surface area contributed by atoms with Gasteiger partial charge in [0.2, 0.25) is 0 Å². The third-order valence-corrected chi connectivity index (χ3v) is 0. The van der Waals surface area contributed by atoms with Crippen LogP contribution in [0.25, 0.3) is 0 Å². The molecule has 0 atom stereocenters. The van der Waals surface area contributed by atoms with Crippen molar-refractivity contribution in [2.24, 2.45) is 0 Å². The summed E-state index contributed by atoms with van der Waals surface area (Å²) in [5.41, 5.74) is 0. The van der Waals surface area contributed by atoms with Crippen LogP contribution in [0.4, 0.5) is 0 Å². The summed E-state index contributed by atoms with van der Waals surface area (Å²) in [5, 5.41) is 0. The van der Waals surface area contributed by atoms with Crippen LogP contribution >= 0.6 is 0 Å². The lowest BCUT2D eigenvalue weighted by Crippen LogP contribution is -0.381. The van der Waals surface area contributed by atoms with E-state index in [0.29, 0.717) is 0 Å². The Morgan fingerprint density at radius 3 is 0.182 bits per heavy atom. The molecule has 11 heavy (non-hydrogen) atoms. The Hall–Kier alpha value is 0.366. The molecule has 0 heterocycles. The van der Waals surface area contributed by atoms with Crippen molar-refractivity contribution in [3.63, 3.8) is 0 Å². The first-order chi connectivity index (χ1) is 0. The van der Waals surface area contributed by atoms with Crippen molar-refractivity contribution in [2.75, 3.05) is 0 Å². The van der Waals surface area contributed by atoms with Crippen LogP contribution in [0, 0.1) is 0 Å². The maximum Gasteiger partial charge on any atom is 0 e. The molecule has 0 saturated heterocycles. The zero-order valence-electron chi connectivity index (χ0n) is 5.71. The summed E-state index contributed by atoms with van der Waals surface area (Å²) >= 11 is 0. The Labute approximate surface area is 78.4 Å². The highest BCUT2D eigenvalue weighted by atomic mass is 24.3. The predicted octanol–water partition coefficient (Wildman–Crippen LogP) is -8.63. The van der Waals surface area contributed by atoms with Crippen molar-refractivity contribution in [2.45, 2.75) is 0 Å². The molecule has 0 spiro atoms. The van der Waals surface area contributed by atoms with E-state index in [1.807, 2.05) is 0 Å². The van der Waals surface area contributed by atoms with Crippen LogP contribution in [0.3, 0.4) is 0 Å². The second-order valence-electron chi connectivity index (χ2n) is 0. The van der Waals surface area contributed by atoms with Crippen molar-refractivity contribution >= 4 is 23.1 Å². The summed E-state index contributed by atoms with van der Waals surface area (Å²) in [6.45, 7) is 0. The highest BCUT2D eigenvalue weighted by Gasteiger charge is 0.0000248. The van der Waals surface area contributed by atoms with E-state index in [0.717, 1.165) is 0 Å². The number of rotatable bonds is 0. The van der Waals surface area contributed by atoms with E-state index in [9.17, 15) is 0 Å². The van der Waals surface area contributed by atoms with Gasteiger partial charge in [0, 0.05) is 23.1 Å². The Bertz CT molecular complexity index is 4.83. The van der Waals surface area contributed by atoms with Crippen LogP contribution in [0.1, 0.15) is 0 Å². The summed E-state index contributed by atoms with van der Waals surface area (Å²) in [4.78, 5) is 0. The number of hydrogen-bond donors (Lipinski definition) is 0. The molecule has 0 aliphatic heterocycles. The van der Waals surface area contributed by atoms with Crippen molar-refractivity contribution in [1.29, 1.82) is 0 Å². The normalized spacial score (nSPS) is 0. The fourth-order valence-corrected chi connectivity index (χ4v) is 0. The molecule has 0 saturated carbocycles. The summed E-state index contributed by atoms with van der Waals surface area (Å²) in [7, 11) is 0. The Morgan fingerprint density at radius 2 is 0.182 bits per heavy atom. The second kappa shape index (κ2) is 6780. The van der Waals surface area contributed by atoms with Gasteiger partial charge in [0.05, 0.1) is 0 Å². The van der Waals surface area contributed by atoms with Crippen LogP contribution in [-0.4, -0.2) is 77.8 Å². The minimum absolute atomic E-state index is 0. The Balaban J connectivity index is 0. The molecule has 0 unspecified atom stereocenters. The van der Waals surface area contributed by atoms with Gasteiger partial charge in [-0.1, -0.05) is 0 Å². The molecule has 0 fully saturated rings. The van der Waals surface area contributed by atoms with E-state index >= 15 is 0 Å². The quantitative estimate of drug-likeness (QED) is 0.331. The molecule has 0 aliphatic carbocycles. The largest absolute Gasteiger partial charge is 0.412 e. The molecule has 0 rings (SSSR count). The maximum absolute atomic E-state index is 0. The van der Waals surface area contributed by atoms with E-state index in [2.05, 4.69) is 0 Å². The minimum atomic E-state index is 0. The highest BCUT2D eigenvalue weighted by Crippen LogP contribution is -0.280. The van der Waals surface area contributed by atoms with E-state index in [1.165, 1.54) is 0 Å². The lowest BCUT2D eigenvalue weighted by atomic mass is 16.0. The van der Waals surface area contributed by atoms with Gasteiger partial charge < -0.3 is 54.8 Å². The molecule has 0 aromatic rings. The molecule has 11 heteroatoms. The summed E-state index contributed by atoms with van der Waals surface area (Å²) in [5.74, 6) is 0. The topological polar surface area (TPSA) is 315 Å². The first-order valence-corrected chi connectivity index (χ1v) is 0. The monoisotopic (exact) mass is 204 g/mol. The van der Waals surface area contributed by atoms with Gasteiger partial charge in [-0.2, -0.15) is 0 Å². The van der Waals surface area contributed by atoms with Crippen molar-refractivity contribution in [3.8, 4) is 0 Å². The zero-order valence-corrected chi connectivity index (χ0v) is 7.12. The fourth-order valence-electron chi connectivity index (χ4n) is 0. The molecule has 2 radical (unpaired) electrons. The van der Waals surface area contributed by atoms with Crippen LogP contribution in [0.2, 0.25) is 0 Å². The zero-order chi connectivity index (χ0) is 0. The Kier molecular flexibility index (Phi) is 5610000. The molecule has 10 nitrogen and oxygen atoms in total. The lowest BCUT2D eigenvalue weighted by Gasteiger charge is -0.413. The van der Waals surface area contributed by atoms with Crippen molar-refractivity contribution in [1.82, 2.24) is 0 Å². The highest BCUT2D eigenvalue weighted by molar-refractivity contribution is 5.75. The molecule has 0 amide bonds. The van der Waals surface area contributed by atoms with Gasteiger partial charge in [0.15, 0.2) is 0 Å². The second-order valence-corrected chi connectivity index (χ2v) is 0. The minimum Gasteiger partial charge on any atom is -0.412 e. The van der Waals surface area contributed by atoms with Crippen LogP contribution in [0.5, 0.6) is 0 Å². The molecule has 0 aromatic heterocycles. The molecular formula is H20MgO10. The fraction of sp³-hybridized carbons (Fsp3) is 0. The van der Waals surface area contributed by atoms with Crippen LogP contribution < -0.4 is 0 Å². The lowest BCUT2D eigenvalue weighted by molar-refractivity contribution is 0.823. The smallest absolute Gasteiger partial charge is 0 e. The number of hydrogen-bond acceptors (Lipinski definition) is 0.